The number of hydrogen-bond donors (Lipinski definition) is 4. The van der Waals surface area contributed by atoms with Gasteiger partial charge in [0.05, 0.1) is 13.2 Å². The van der Waals surface area contributed by atoms with E-state index in [2.05, 4.69) is 10.9 Å². The molecule has 2 atom stereocenters. The Kier molecular flexibility index (Phi) is 5.52. The summed E-state index contributed by atoms with van der Waals surface area (Å²) in [4.78, 5) is 0. The Labute approximate surface area is 61.2 Å². The Morgan fingerprint density at radius 3 is 1.50 bits per heavy atom. The molecule has 0 saturated heterocycles. The topological polar surface area (TPSA) is 64.5 Å². The van der Waals surface area contributed by atoms with Crippen molar-refractivity contribution in [3.63, 3.8) is 0 Å². The summed E-state index contributed by atoms with van der Waals surface area (Å²) in [5.41, 5.74) is 5.65. The molecular weight excluding hydrogens is 132 g/mol. The van der Waals surface area contributed by atoms with Crippen LogP contribution in [0.5, 0.6) is 0 Å². The van der Waals surface area contributed by atoms with E-state index in [0.717, 1.165) is 0 Å². The lowest BCUT2D eigenvalue weighted by molar-refractivity contribution is 0.203. The van der Waals surface area contributed by atoms with Crippen LogP contribution in [0.4, 0.5) is 0 Å². The largest absolute Gasteiger partial charge is 0.395 e. The van der Waals surface area contributed by atoms with Crippen molar-refractivity contribution in [2.24, 2.45) is 0 Å². The van der Waals surface area contributed by atoms with Gasteiger partial charge in [0.2, 0.25) is 0 Å². The normalized spacial score (nSPS) is 16.8. The molecule has 0 radical (unpaired) electrons. The lowest BCUT2D eigenvalue weighted by atomic mass is 10.4. The second-order valence-electron chi connectivity index (χ2n) is 2.46. The molecule has 10 heavy (non-hydrogen) atoms. The standard InChI is InChI=1S/C6H16N2O2/c1-5(3-9)7-8-6(2)4-10/h5-10H,3-4H2,1-2H3/t5-,6+. The van der Waals surface area contributed by atoms with E-state index in [0.29, 0.717) is 0 Å². The van der Waals surface area contributed by atoms with E-state index in [1.165, 1.54) is 0 Å². The van der Waals surface area contributed by atoms with Crippen molar-refractivity contribution in [1.82, 2.24) is 10.9 Å². The van der Waals surface area contributed by atoms with Crippen LogP contribution in [0.3, 0.4) is 0 Å². The second kappa shape index (κ2) is 5.61. The molecule has 0 spiro atoms. The highest BCUT2D eigenvalue weighted by Gasteiger charge is 2.00. The van der Waals surface area contributed by atoms with Crippen LogP contribution in [0.15, 0.2) is 0 Å². The second-order valence-corrected chi connectivity index (χ2v) is 2.46. The zero-order chi connectivity index (χ0) is 7.98. The molecule has 4 nitrogen and oxygen atoms in total. The predicted octanol–water partition coefficient (Wildman–Crippen LogP) is -1.16. The van der Waals surface area contributed by atoms with Gasteiger partial charge in [-0.15, -0.1) is 0 Å². The van der Waals surface area contributed by atoms with Crippen molar-refractivity contribution >= 4 is 0 Å². The van der Waals surface area contributed by atoms with Gasteiger partial charge in [-0.1, -0.05) is 0 Å². The number of aliphatic hydroxyl groups is 2. The fourth-order valence-electron chi connectivity index (χ4n) is 0.376. The molecule has 0 heterocycles. The average Bonchev–Trinajstić information content (AvgIpc) is 1.99. The smallest absolute Gasteiger partial charge is 0.0595 e. The predicted molar refractivity (Wildman–Crippen MR) is 39.4 cm³/mol. The fourth-order valence-corrected chi connectivity index (χ4v) is 0.376. The Morgan fingerprint density at radius 1 is 1.00 bits per heavy atom. The van der Waals surface area contributed by atoms with Gasteiger partial charge in [0.1, 0.15) is 0 Å². The van der Waals surface area contributed by atoms with Crippen molar-refractivity contribution in [3.05, 3.63) is 0 Å². The van der Waals surface area contributed by atoms with Gasteiger partial charge in [-0.05, 0) is 13.8 Å². The monoisotopic (exact) mass is 148 g/mol. The van der Waals surface area contributed by atoms with Crippen molar-refractivity contribution in [2.75, 3.05) is 13.2 Å². The molecule has 4 heteroatoms. The first-order chi connectivity index (χ1) is 4.70. The minimum absolute atomic E-state index is 0.0222. The van der Waals surface area contributed by atoms with Crippen LogP contribution in [0.25, 0.3) is 0 Å². The van der Waals surface area contributed by atoms with Crippen molar-refractivity contribution in [2.45, 2.75) is 25.9 Å². The van der Waals surface area contributed by atoms with Gasteiger partial charge < -0.3 is 10.2 Å². The highest BCUT2D eigenvalue weighted by atomic mass is 16.3. The molecule has 0 rings (SSSR count). The molecule has 0 amide bonds. The molecule has 0 unspecified atom stereocenters. The maximum absolute atomic E-state index is 8.56. The van der Waals surface area contributed by atoms with Gasteiger partial charge in [0.15, 0.2) is 0 Å². The minimum Gasteiger partial charge on any atom is -0.395 e. The van der Waals surface area contributed by atoms with E-state index >= 15 is 0 Å². The van der Waals surface area contributed by atoms with Crippen LogP contribution in [0, 0.1) is 0 Å². The summed E-state index contributed by atoms with van der Waals surface area (Å²) in [6.45, 7) is 3.87. The molecule has 0 aliphatic carbocycles. The summed E-state index contributed by atoms with van der Waals surface area (Å²) in [6, 6.07) is 0.0444. The number of hydrazine groups is 1. The van der Waals surface area contributed by atoms with E-state index < -0.39 is 0 Å². The molecule has 4 N–H and O–H groups in total. The molecule has 0 aromatic carbocycles. The quantitative estimate of drug-likeness (QED) is 0.371. The van der Waals surface area contributed by atoms with Crippen molar-refractivity contribution in [1.29, 1.82) is 0 Å². The Hall–Kier alpha value is -0.160. The van der Waals surface area contributed by atoms with Gasteiger partial charge in [0.25, 0.3) is 0 Å². The number of aliphatic hydroxyl groups excluding tert-OH is 2. The molecule has 0 aliphatic rings. The van der Waals surface area contributed by atoms with Gasteiger partial charge in [0, 0.05) is 12.1 Å². The molecule has 0 saturated carbocycles. The maximum Gasteiger partial charge on any atom is 0.0595 e. The highest BCUT2D eigenvalue weighted by molar-refractivity contribution is 4.58. The third kappa shape index (κ3) is 4.69. The highest BCUT2D eigenvalue weighted by Crippen LogP contribution is 1.77. The molecule has 0 bridgehead atoms. The van der Waals surface area contributed by atoms with E-state index in [1.54, 1.807) is 0 Å². The zero-order valence-corrected chi connectivity index (χ0v) is 6.46. The summed E-state index contributed by atoms with van der Waals surface area (Å²) in [5.74, 6) is 0. The molecule has 0 aliphatic heterocycles. The molecule has 0 fully saturated rings. The van der Waals surface area contributed by atoms with E-state index in [9.17, 15) is 0 Å². The van der Waals surface area contributed by atoms with Crippen LogP contribution in [-0.2, 0) is 0 Å². The minimum atomic E-state index is 0.0222. The van der Waals surface area contributed by atoms with Crippen LogP contribution in [0.2, 0.25) is 0 Å². The third-order valence-electron chi connectivity index (χ3n) is 1.12. The first kappa shape index (κ1) is 9.84. The summed E-state index contributed by atoms with van der Waals surface area (Å²) < 4.78 is 0. The maximum atomic E-state index is 8.56. The molecule has 0 aromatic heterocycles. The Bertz CT molecular complexity index is 70.1. The van der Waals surface area contributed by atoms with Gasteiger partial charge >= 0.3 is 0 Å². The third-order valence-corrected chi connectivity index (χ3v) is 1.12. The molecule has 62 valence electrons. The van der Waals surface area contributed by atoms with E-state index in [4.69, 9.17) is 10.2 Å². The van der Waals surface area contributed by atoms with Gasteiger partial charge in [-0.25, -0.2) is 0 Å². The van der Waals surface area contributed by atoms with Crippen LogP contribution in [0.1, 0.15) is 13.8 Å². The fraction of sp³-hybridized carbons (Fsp3) is 1.00. The number of nitrogens with one attached hydrogen (secondary N) is 2. The first-order valence-corrected chi connectivity index (χ1v) is 3.43. The van der Waals surface area contributed by atoms with Crippen LogP contribution < -0.4 is 10.9 Å². The van der Waals surface area contributed by atoms with Gasteiger partial charge in [-0.3, -0.25) is 10.9 Å². The summed E-state index contributed by atoms with van der Waals surface area (Å²) in [7, 11) is 0. The van der Waals surface area contributed by atoms with Crippen molar-refractivity contribution < 1.29 is 10.2 Å². The summed E-state index contributed by atoms with van der Waals surface area (Å²) in [6.07, 6.45) is 0. The van der Waals surface area contributed by atoms with Crippen LogP contribution in [-0.4, -0.2) is 35.5 Å². The Balaban J connectivity index is 3.17. The molecule has 0 aromatic rings. The lowest BCUT2D eigenvalue weighted by Crippen LogP contribution is -2.46. The first-order valence-electron chi connectivity index (χ1n) is 3.43. The number of rotatable bonds is 5. The SMILES string of the molecule is C[C@H](CO)NN[C@@H](C)CO. The van der Waals surface area contributed by atoms with Gasteiger partial charge in [-0.2, -0.15) is 0 Å². The summed E-state index contributed by atoms with van der Waals surface area (Å²) >= 11 is 0. The van der Waals surface area contributed by atoms with E-state index in [1.807, 2.05) is 13.8 Å². The summed E-state index contributed by atoms with van der Waals surface area (Å²) in [5, 5.41) is 17.1. The zero-order valence-electron chi connectivity index (χ0n) is 6.46. The van der Waals surface area contributed by atoms with Crippen LogP contribution >= 0.6 is 0 Å². The molecular formula is C6H16N2O2. The average molecular weight is 148 g/mol. The number of hydrogen-bond acceptors (Lipinski definition) is 4. The van der Waals surface area contributed by atoms with E-state index in [-0.39, 0.29) is 25.3 Å². The van der Waals surface area contributed by atoms with Crippen molar-refractivity contribution in [3.8, 4) is 0 Å². The lowest BCUT2D eigenvalue weighted by Gasteiger charge is -2.15. The Morgan fingerprint density at radius 2 is 1.30 bits per heavy atom.